The summed E-state index contributed by atoms with van der Waals surface area (Å²) in [6.45, 7) is 0. The Hall–Kier alpha value is -1.75. The van der Waals surface area contributed by atoms with E-state index in [1.54, 1.807) is 4.68 Å². The van der Waals surface area contributed by atoms with Crippen molar-refractivity contribution in [3.8, 4) is 11.3 Å². The van der Waals surface area contributed by atoms with Gasteiger partial charge < -0.3 is 10.3 Å². The molecule has 0 spiro atoms. The van der Waals surface area contributed by atoms with Gasteiger partial charge in [-0.1, -0.05) is 12.1 Å². The van der Waals surface area contributed by atoms with Gasteiger partial charge in [-0.15, -0.1) is 0 Å². The van der Waals surface area contributed by atoms with E-state index in [9.17, 15) is 0 Å². The number of halogens is 1. The van der Waals surface area contributed by atoms with Crippen molar-refractivity contribution in [3.63, 3.8) is 0 Å². The highest BCUT2D eigenvalue weighted by molar-refractivity contribution is 9.10. The number of hydrogen-bond donors (Lipinski definition) is 1. The Morgan fingerprint density at radius 3 is 2.67 bits per heavy atom. The Morgan fingerprint density at radius 2 is 2.00 bits per heavy atom. The molecule has 0 fully saturated rings. The first-order valence-electron chi connectivity index (χ1n) is 5.61. The molecule has 5 heteroatoms. The van der Waals surface area contributed by atoms with Crippen molar-refractivity contribution in [1.29, 1.82) is 0 Å². The molecule has 2 heterocycles. The molecule has 0 aliphatic rings. The minimum Gasteiger partial charge on any atom is -0.384 e. The first kappa shape index (κ1) is 11.3. The predicted octanol–water partition coefficient (Wildman–Crippen LogP) is 2.92. The minimum absolute atomic E-state index is 0.665. The monoisotopic (exact) mass is 304 g/mol. The number of aromatic nitrogens is 3. The fraction of sp³-hybridized carbons (Fsp3) is 0.154. The Labute approximate surface area is 113 Å². The van der Waals surface area contributed by atoms with E-state index in [0.717, 1.165) is 15.7 Å². The lowest BCUT2D eigenvalue weighted by atomic mass is 10.1. The van der Waals surface area contributed by atoms with Crippen molar-refractivity contribution >= 4 is 32.7 Å². The summed E-state index contributed by atoms with van der Waals surface area (Å²) in [6.07, 6.45) is 2.06. The molecule has 18 heavy (non-hydrogen) atoms. The van der Waals surface area contributed by atoms with Crippen molar-refractivity contribution < 1.29 is 0 Å². The van der Waals surface area contributed by atoms with Crippen LogP contribution >= 0.6 is 15.9 Å². The summed E-state index contributed by atoms with van der Waals surface area (Å²) >= 11 is 3.55. The summed E-state index contributed by atoms with van der Waals surface area (Å²) in [5, 5.41) is 5.59. The van der Waals surface area contributed by atoms with Crippen LogP contribution < -0.4 is 5.73 Å². The molecule has 0 atom stereocenters. The quantitative estimate of drug-likeness (QED) is 0.751. The molecule has 1 aromatic carbocycles. The molecule has 0 amide bonds. The average Bonchev–Trinajstić information content (AvgIpc) is 2.81. The number of nitrogens with two attached hydrogens (primary N) is 1. The van der Waals surface area contributed by atoms with Crippen LogP contribution in [-0.4, -0.2) is 14.3 Å². The largest absolute Gasteiger partial charge is 0.384 e. The number of nitrogen functional groups attached to an aromatic ring is 1. The highest BCUT2D eigenvalue weighted by Gasteiger charge is 2.09. The summed E-state index contributed by atoms with van der Waals surface area (Å²) in [4.78, 5) is 0. The first-order valence-corrected chi connectivity index (χ1v) is 6.40. The Morgan fingerprint density at radius 1 is 1.22 bits per heavy atom. The van der Waals surface area contributed by atoms with E-state index < -0.39 is 0 Å². The van der Waals surface area contributed by atoms with Gasteiger partial charge in [-0.2, -0.15) is 5.10 Å². The molecule has 0 aliphatic carbocycles. The van der Waals surface area contributed by atoms with Crippen molar-refractivity contribution in [2.45, 2.75) is 0 Å². The van der Waals surface area contributed by atoms with Gasteiger partial charge in [-0.05, 0) is 22.0 Å². The van der Waals surface area contributed by atoms with Crippen LogP contribution in [0.5, 0.6) is 0 Å². The normalized spacial score (nSPS) is 11.3. The summed E-state index contributed by atoms with van der Waals surface area (Å²) in [5.74, 6) is 0.665. The molecule has 0 aliphatic heterocycles. The molecule has 0 bridgehead atoms. The summed E-state index contributed by atoms with van der Waals surface area (Å²) < 4.78 is 4.88. The maximum atomic E-state index is 5.81. The molecule has 3 rings (SSSR count). The standard InChI is InChI=1S/C13H13BrN4/c1-17-7-10(14)9-4-3-8(5-12(9)17)11-6-13(15)18(2)16-11/h3-7H,15H2,1-2H3. The van der Waals surface area contributed by atoms with Gasteiger partial charge in [0.2, 0.25) is 0 Å². The van der Waals surface area contributed by atoms with Gasteiger partial charge in [0.05, 0.1) is 5.69 Å². The van der Waals surface area contributed by atoms with Crippen LogP contribution in [-0.2, 0) is 14.1 Å². The van der Waals surface area contributed by atoms with Gasteiger partial charge in [0.15, 0.2) is 0 Å². The second-order valence-corrected chi connectivity index (χ2v) is 5.25. The Bertz CT molecular complexity index is 719. The van der Waals surface area contributed by atoms with Gasteiger partial charge in [0, 0.05) is 47.3 Å². The van der Waals surface area contributed by atoms with Crippen LogP contribution in [0.4, 0.5) is 5.82 Å². The zero-order valence-electron chi connectivity index (χ0n) is 10.2. The second-order valence-electron chi connectivity index (χ2n) is 4.40. The van der Waals surface area contributed by atoms with Crippen LogP contribution in [0.15, 0.2) is 34.9 Å². The zero-order valence-corrected chi connectivity index (χ0v) is 11.8. The van der Waals surface area contributed by atoms with Gasteiger partial charge >= 0.3 is 0 Å². The molecule has 4 nitrogen and oxygen atoms in total. The number of nitrogens with zero attached hydrogens (tertiary/aromatic N) is 3. The number of rotatable bonds is 1. The topological polar surface area (TPSA) is 48.8 Å². The predicted molar refractivity (Wildman–Crippen MR) is 77.2 cm³/mol. The number of aryl methyl sites for hydroxylation is 2. The molecule has 2 N–H and O–H groups in total. The van der Waals surface area contributed by atoms with Crippen LogP contribution in [0.3, 0.4) is 0 Å². The molecule has 0 saturated carbocycles. The third kappa shape index (κ3) is 1.62. The van der Waals surface area contributed by atoms with E-state index in [1.807, 2.05) is 20.2 Å². The summed E-state index contributed by atoms with van der Waals surface area (Å²) in [5.41, 5.74) is 8.95. The SMILES string of the molecule is Cn1nc(-c2ccc3c(Br)cn(C)c3c2)cc1N. The molecule has 2 aromatic heterocycles. The third-order valence-corrected chi connectivity index (χ3v) is 3.79. The van der Waals surface area contributed by atoms with Gasteiger partial charge in [-0.25, -0.2) is 0 Å². The van der Waals surface area contributed by atoms with Gasteiger partial charge in [0.1, 0.15) is 5.82 Å². The Kier molecular flexibility index (Phi) is 2.45. The fourth-order valence-electron chi connectivity index (χ4n) is 2.12. The maximum absolute atomic E-state index is 5.81. The summed E-state index contributed by atoms with van der Waals surface area (Å²) in [7, 11) is 3.88. The summed E-state index contributed by atoms with van der Waals surface area (Å²) in [6, 6.07) is 8.18. The molecular formula is C13H13BrN4. The molecule has 0 radical (unpaired) electrons. The van der Waals surface area contributed by atoms with Crippen molar-refractivity contribution in [3.05, 3.63) is 34.9 Å². The van der Waals surface area contributed by atoms with Gasteiger partial charge in [0.25, 0.3) is 0 Å². The van der Waals surface area contributed by atoms with Crippen LogP contribution in [0.2, 0.25) is 0 Å². The second kappa shape index (κ2) is 3.88. The maximum Gasteiger partial charge on any atom is 0.121 e. The highest BCUT2D eigenvalue weighted by atomic mass is 79.9. The van der Waals surface area contributed by atoms with Gasteiger partial charge in [-0.3, -0.25) is 4.68 Å². The van der Waals surface area contributed by atoms with Crippen molar-refractivity contribution in [2.24, 2.45) is 14.1 Å². The number of anilines is 1. The lowest BCUT2D eigenvalue weighted by Crippen LogP contribution is -1.96. The van der Waals surface area contributed by atoms with E-state index in [0.29, 0.717) is 5.82 Å². The molecular weight excluding hydrogens is 292 g/mol. The lowest BCUT2D eigenvalue weighted by Gasteiger charge is -2.00. The van der Waals surface area contributed by atoms with Crippen molar-refractivity contribution in [2.75, 3.05) is 5.73 Å². The van der Waals surface area contributed by atoms with E-state index >= 15 is 0 Å². The third-order valence-electron chi connectivity index (χ3n) is 3.15. The van der Waals surface area contributed by atoms with E-state index in [2.05, 4.69) is 50.0 Å². The van der Waals surface area contributed by atoms with Crippen LogP contribution in [0.1, 0.15) is 0 Å². The highest BCUT2D eigenvalue weighted by Crippen LogP contribution is 2.29. The molecule has 3 aromatic rings. The van der Waals surface area contributed by atoms with E-state index in [4.69, 9.17) is 5.73 Å². The zero-order chi connectivity index (χ0) is 12.9. The molecule has 0 unspecified atom stereocenters. The van der Waals surface area contributed by atoms with E-state index in [1.165, 1.54) is 10.9 Å². The van der Waals surface area contributed by atoms with E-state index in [-0.39, 0.29) is 0 Å². The fourth-order valence-corrected chi connectivity index (χ4v) is 2.76. The van der Waals surface area contributed by atoms with Crippen LogP contribution in [0.25, 0.3) is 22.2 Å². The minimum atomic E-state index is 0.665. The lowest BCUT2D eigenvalue weighted by molar-refractivity contribution is 0.782. The molecule has 92 valence electrons. The first-order chi connectivity index (χ1) is 8.56. The Balaban J connectivity index is 2.21. The van der Waals surface area contributed by atoms with Crippen molar-refractivity contribution in [1.82, 2.24) is 14.3 Å². The smallest absolute Gasteiger partial charge is 0.121 e. The number of hydrogen-bond acceptors (Lipinski definition) is 2. The number of benzene rings is 1. The van der Waals surface area contributed by atoms with Crippen LogP contribution in [0, 0.1) is 0 Å². The number of fused-ring (bicyclic) bond motifs is 1. The average molecular weight is 305 g/mol. The molecule has 0 saturated heterocycles.